The second-order valence-corrected chi connectivity index (χ2v) is 6.79. The third-order valence-electron chi connectivity index (χ3n) is 5.15. The van der Waals surface area contributed by atoms with Crippen LogP contribution in [0.5, 0.6) is 5.75 Å². The summed E-state index contributed by atoms with van der Waals surface area (Å²) < 4.78 is 6.16. The number of hydrogen-bond donors (Lipinski definition) is 1. The second-order valence-electron chi connectivity index (χ2n) is 6.79. The van der Waals surface area contributed by atoms with E-state index in [9.17, 15) is 4.79 Å². The molecule has 0 bridgehead atoms. The van der Waals surface area contributed by atoms with E-state index in [4.69, 9.17) is 4.74 Å². The smallest absolute Gasteiger partial charge is 0.264 e. The Labute approximate surface area is 141 Å². The standard InChI is InChI=1S/C19H23N3O2/c23-19-10-9-18(20-21-19)14-5-7-16(8-6-14)24-17-11-12-22(13-17)15-3-1-2-4-15/h5-10,15,17H,1-4,11-13H2,(H,21,23)/t17-/m1/s1. The Hall–Kier alpha value is -2.14. The molecule has 0 amide bonds. The highest BCUT2D eigenvalue weighted by molar-refractivity contribution is 5.59. The molecule has 1 N–H and O–H groups in total. The molecule has 2 fully saturated rings. The minimum atomic E-state index is -0.188. The molecular formula is C19H23N3O2. The Morgan fingerprint density at radius 3 is 2.54 bits per heavy atom. The average Bonchev–Trinajstić information content (AvgIpc) is 3.28. The van der Waals surface area contributed by atoms with Gasteiger partial charge in [-0.25, -0.2) is 5.10 Å². The number of benzene rings is 1. The Balaban J connectivity index is 1.37. The van der Waals surface area contributed by atoms with Crippen molar-refractivity contribution in [1.82, 2.24) is 15.1 Å². The highest BCUT2D eigenvalue weighted by Gasteiger charge is 2.30. The summed E-state index contributed by atoms with van der Waals surface area (Å²) in [6.07, 6.45) is 6.88. The number of aromatic nitrogens is 2. The number of likely N-dealkylation sites (tertiary alicyclic amines) is 1. The molecule has 1 aromatic carbocycles. The van der Waals surface area contributed by atoms with Crippen LogP contribution >= 0.6 is 0 Å². The number of ether oxygens (including phenoxy) is 1. The fourth-order valence-electron chi connectivity index (χ4n) is 3.85. The maximum atomic E-state index is 11.1. The topological polar surface area (TPSA) is 58.2 Å². The Morgan fingerprint density at radius 1 is 1.04 bits per heavy atom. The van der Waals surface area contributed by atoms with Gasteiger partial charge in [-0.3, -0.25) is 9.69 Å². The van der Waals surface area contributed by atoms with Gasteiger partial charge in [-0.15, -0.1) is 0 Å². The molecule has 1 aromatic heterocycles. The molecule has 0 unspecified atom stereocenters. The van der Waals surface area contributed by atoms with Crippen molar-refractivity contribution in [2.45, 2.75) is 44.2 Å². The molecule has 0 radical (unpaired) electrons. The SMILES string of the molecule is O=c1ccc(-c2ccc(O[C@@H]3CCN(C4CCCC4)C3)cc2)n[nH]1. The summed E-state index contributed by atoms with van der Waals surface area (Å²) in [6, 6.07) is 11.9. The fourth-order valence-corrected chi connectivity index (χ4v) is 3.85. The maximum absolute atomic E-state index is 11.1. The van der Waals surface area contributed by atoms with Crippen molar-refractivity contribution < 1.29 is 4.74 Å². The molecule has 1 aliphatic carbocycles. The van der Waals surface area contributed by atoms with Crippen molar-refractivity contribution in [3.8, 4) is 17.0 Å². The monoisotopic (exact) mass is 325 g/mol. The fraction of sp³-hybridized carbons (Fsp3) is 0.474. The van der Waals surface area contributed by atoms with Crippen molar-refractivity contribution in [2.24, 2.45) is 0 Å². The number of nitrogens with zero attached hydrogens (tertiary/aromatic N) is 2. The van der Waals surface area contributed by atoms with Crippen LogP contribution in [0.2, 0.25) is 0 Å². The molecule has 1 atom stereocenters. The van der Waals surface area contributed by atoms with E-state index in [1.807, 2.05) is 24.3 Å². The molecule has 1 saturated carbocycles. The number of hydrogen-bond acceptors (Lipinski definition) is 4. The van der Waals surface area contributed by atoms with Gasteiger partial charge < -0.3 is 4.74 Å². The molecule has 1 aliphatic heterocycles. The van der Waals surface area contributed by atoms with Crippen LogP contribution in [0.15, 0.2) is 41.2 Å². The lowest BCUT2D eigenvalue weighted by atomic mass is 10.1. The molecule has 2 aliphatic rings. The molecule has 2 heterocycles. The largest absolute Gasteiger partial charge is 0.489 e. The Bertz CT molecular complexity index is 715. The normalized spacial score (nSPS) is 22.1. The lowest BCUT2D eigenvalue weighted by Crippen LogP contribution is -2.32. The summed E-state index contributed by atoms with van der Waals surface area (Å²) in [5, 5.41) is 6.51. The van der Waals surface area contributed by atoms with Gasteiger partial charge in [0.1, 0.15) is 11.9 Å². The summed E-state index contributed by atoms with van der Waals surface area (Å²) in [4.78, 5) is 13.7. The van der Waals surface area contributed by atoms with Gasteiger partial charge in [-0.2, -0.15) is 5.10 Å². The molecule has 0 spiro atoms. The first-order chi connectivity index (χ1) is 11.8. The van der Waals surface area contributed by atoms with E-state index in [1.165, 1.54) is 31.7 Å². The zero-order chi connectivity index (χ0) is 16.4. The van der Waals surface area contributed by atoms with Gasteiger partial charge in [0.2, 0.25) is 0 Å². The van der Waals surface area contributed by atoms with Crippen LogP contribution < -0.4 is 10.3 Å². The predicted octanol–water partition coefficient (Wildman–Crippen LogP) is 2.83. The van der Waals surface area contributed by atoms with Gasteiger partial charge >= 0.3 is 0 Å². The first-order valence-electron chi connectivity index (χ1n) is 8.85. The maximum Gasteiger partial charge on any atom is 0.264 e. The average molecular weight is 325 g/mol. The van der Waals surface area contributed by atoms with Crippen LogP contribution in [-0.2, 0) is 0 Å². The molecule has 1 saturated heterocycles. The van der Waals surface area contributed by atoms with E-state index in [1.54, 1.807) is 6.07 Å². The van der Waals surface area contributed by atoms with E-state index in [2.05, 4.69) is 15.1 Å². The summed E-state index contributed by atoms with van der Waals surface area (Å²) >= 11 is 0. The second kappa shape index (κ2) is 6.77. The van der Waals surface area contributed by atoms with Crippen LogP contribution in [0.4, 0.5) is 0 Å². The summed E-state index contributed by atoms with van der Waals surface area (Å²) in [5.74, 6) is 0.904. The highest BCUT2D eigenvalue weighted by atomic mass is 16.5. The Morgan fingerprint density at radius 2 is 1.83 bits per heavy atom. The van der Waals surface area contributed by atoms with E-state index >= 15 is 0 Å². The van der Waals surface area contributed by atoms with Crippen molar-refractivity contribution in [1.29, 1.82) is 0 Å². The first kappa shape index (κ1) is 15.4. The first-order valence-corrected chi connectivity index (χ1v) is 8.85. The van der Waals surface area contributed by atoms with Gasteiger partial charge in [0.25, 0.3) is 5.56 Å². The summed E-state index contributed by atoms with van der Waals surface area (Å²) in [6.45, 7) is 2.21. The number of aromatic amines is 1. The number of H-pyrrole nitrogens is 1. The van der Waals surface area contributed by atoms with E-state index in [0.717, 1.165) is 42.6 Å². The third kappa shape index (κ3) is 3.36. The van der Waals surface area contributed by atoms with Crippen molar-refractivity contribution in [3.05, 3.63) is 46.8 Å². The Kier molecular flexibility index (Phi) is 4.34. The highest BCUT2D eigenvalue weighted by Crippen LogP contribution is 2.28. The zero-order valence-electron chi connectivity index (χ0n) is 13.8. The van der Waals surface area contributed by atoms with Gasteiger partial charge in [-0.05, 0) is 49.6 Å². The lowest BCUT2D eigenvalue weighted by molar-refractivity contribution is 0.178. The third-order valence-corrected chi connectivity index (χ3v) is 5.15. The molecule has 5 nitrogen and oxygen atoms in total. The van der Waals surface area contributed by atoms with E-state index in [-0.39, 0.29) is 5.56 Å². The summed E-state index contributed by atoms with van der Waals surface area (Å²) in [7, 11) is 0. The van der Waals surface area contributed by atoms with Crippen molar-refractivity contribution in [3.63, 3.8) is 0 Å². The summed E-state index contributed by atoms with van der Waals surface area (Å²) in [5.41, 5.74) is 1.54. The number of nitrogens with one attached hydrogen (secondary N) is 1. The van der Waals surface area contributed by atoms with Crippen LogP contribution in [0, 0.1) is 0 Å². The lowest BCUT2D eigenvalue weighted by Gasteiger charge is -2.23. The van der Waals surface area contributed by atoms with E-state index in [0.29, 0.717) is 6.10 Å². The zero-order valence-corrected chi connectivity index (χ0v) is 13.8. The van der Waals surface area contributed by atoms with Crippen LogP contribution in [-0.4, -0.2) is 40.3 Å². The van der Waals surface area contributed by atoms with Crippen LogP contribution in [0.25, 0.3) is 11.3 Å². The molecule has 4 rings (SSSR count). The van der Waals surface area contributed by atoms with Crippen LogP contribution in [0.3, 0.4) is 0 Å². The van der Waals surface area contributed by atoms with Gasteiger partial charge in [0.15, 0.2) is 0 Å². The van der Waals surface area contributed by atoms with Gasteiger partial charge in [-0.1, -0.05) is 12.8 Å². The quantitative estimate of drug-likeness (QED) is 0.939. The minimum absolute atomic E-state index is 0.188. The molecule has 126 valence electrons. The minimum Gasteiger partial charge on any atom is -0.489 e. The number of rotatable bonds is 4. The van der Waals surface area contributed by atoms with Crippen molar-refractivity contribution >= 4 is 0 Å². The predicted molar refractivity (Wildman–Crippen MR) is 93.2 cm³/mol. The van der Waals surface area contributed by atoms with Gasteiger partial charge in [0, 0.05) is 30.8 Å². The van der Waals surface area contributed by atoms with Gasteiger partial charge in [0.05, 0.1) is 5.69 Å². The van der Waals surface area contributed by atoms with E-state index < -0.39 is 0 Å². The molecule has 5 heteroatoms. The molecule has 24 heavy (non-hydrogen) atoms. The molecule has 2 aromatic rings. The van der Waals surface area contributed by atoms with Crippen molar-refractivity contribution in [2.75, 3.05) is 13.1 Å². The van der Waals surface area contributed by atoms with Crippen LogP contribution in [0.1, 0.15) is 32.1 Å². The molecular weight excluding hydrogens is 302 g/mol.